The van der Waals surface area contributed by atoms with E-state index in [4.69, 9.17) is 4.74 Å². The Kier molecular flexibility index (Phi) is 5.79. The van der Waals surface area contributed by atoms with Crippen LogP contribution in [0.3, 0.4) is 0 Å². The zero-order valence-electron chi connectivity index (χ0n) is 9.02. The monoisotopic (exact) mass is 230 g/mol. The maximum absolute atomic E-state index is 11.2. The molecule has 4 heteroatoms. The van der Waals surface area contributed by atoms with Crippen molar-refractivity contribution in [3.63, 3.8) is 0 Å². The fraction of sp³-hybridized carbons (Fsp3) is 0.727. The van der Waals surface area contributed by atoms with E-state index in [2.05, 4.69) is 0 Å². The maximum atomic E-state index is 11.2. The molecule has 1 N–H and O–H groups in total. The number of rotatable bonds is 2. The zero-order valence-corrected chi connectivity index (χ0v) is 9.83. The average Bonchev–Trinajstić information content (AvgIpc) is 2.17. The summed E-state index contributed by atoms with van der Waals surface area (Å²) >= 11 is 1.18. The molecule has 0 aliphatic heterocycles. The molecule has 0 spiro atoms. The highest BCUT2D eigenvalue weighted by Crippen LogP contribution is 2.17. The Morgan fingerprint density at radius 1 is 1.53 bits per heavy atom. The molecule has 0 radical (unpaired) electrons. The quantitative estimate of drug-likeness (QED) is 0.585. The fourth-order valence-electron chi connectivity index (χ4n) is 1.51. The first-order chi connectivity index (χ1) is 7.22. The first-order valence-electron chi connectivity index (χ1n) is 5.40. The lowest BCUT2D eigenvalue weighted by atomic mass is 10.0. The first-order valence-corrected chi connectivity index (χ1v) is 6.39. The highest BCUT2D eigenvalue weighted by atomic mass is 32.2. The highest BCUT2D eigenvalue weighted by Gasteiger charge is 2.15. The van der Waals surface area contributed by atoms with Gasteiger partial charge in [0, 0.05) is 5.75 Å². The summed E-state index contributed by atoms with van der Waals surface area (Å²) in [6.07, 6.45) is 6.59. The minimum Gasteiger partial charge on any atom is -0.450 e. The van der Waals surface area contributed by atoms with Gasteiger partial charge >= 0.3 is 5.30 Å². The van der Waals surface area contributed by atoms with Crippen molar-refractivity contribution in [1.82, 2.24) is 0 Å². The van der Waals surface area contributed by atoms with Crippen molar-refractivity contribution in [1.29, 1.82) is 0 Å². The molecule has 0 aromatic rings. The number of carbonyl (C=O) groups is 1. The van der Waals surface area contributed by atoms with Crippen molar-refractivity contribution in [2.75, 3.05) is 5.75 Å². The minimum absolute atomic E-state index is 0.161. The van der Waals surface area contributed by atoms with Crippen molar-refractivity contribution in [3.8, 4) is 0 Å². The average molecular weight is 230 g/mol. The van der Waals surface area contributed by atoms with Crippen LogP contribution in [0.25, 0.3) is 0 Å². The third-order valence-electron chi connectivity index (χ3n) is 2.31. The molecule has 0 heterocycles. The van der Waals surface area contributed by atoms with Gasteiger partial charge in [0.25, 0.3) is 0 Å². The third kappa shape index (κ3) is 5.23. The molecule has 0 fully saturated rings. The Labute approximate surface area is 94.9 Å². The first kappa shape index (κ1) is 12.6. The van der Waals surface area contributed by atoms with Crippen LogP contribution in [0, 0.1) is 0 Å². The van der Waals surface area contributed by atoms with Crippen LogP contribution >= 0.6 is 11.8 Å². The summed E-state index contributed by atoms with van der Waals surface area (Å²) < 4.78 is 5.24. The smallest absolute Gasteiger partial charge is 0.367 e. The third-order valence-corrected chi connectivity index (χ3v) is 2.93. The maximum Gasteiger partial charge on any atom is 0.367 e. The van der Waals surface area contributed by atoms with Crippen molar-refractivity contribution in [3.05, 3.63) is 12.2 Å². The van der Waals surface area contributed by atoms with Gasteiger partial charge in [-0.05, 0) is 43.5 Å². The van der Waals surface area contributed by atoms with E-state index in [9.17, 15) is 9.90 Å². The minimum atomic E-state index is -0.255. The number of allylic oxidation sites excluding steroid dienone is 1. The lowest BCUT2D eigenvalue weighted by molar-refractivity contribution is 0.108. The Hall–Kier alpha value is -0.480. The molecule has 1 aliphatic rings. The molecule has 0 aromatic carbocycles. The van der Waals surface area contributed by atoms with Crippen molar-refractivity contribution >= 4 is 17.1 Å². The summed E-state index contributed by atoms with van der Waals surface area (Å²) in [5, 5.41) is 9.27. The topological polar surface area (TPSA) is 46.5 Å². The number of thioether (sulfide) groups is 1. The largest absolute Gasteiger partial charge is 0.450 e. The summed E-state index contributed by atoms with van der Waals surface area (Å²) in [6, 6.07) is 0. The van der Waals surface area contributed by atoms with E-state index in [1.807, 2.05) is 19.1 Å². The second-order valence-electron chi connectivity index (χ2n) is 3.58. The van der Waals surface area contributed by atoms with Crippen LogP contribution in [0.2, 0.25) is 0 Å². The Morgan fingerprint density at radius 2 is 2.33 bits per heavy atom. The number of hydrogen-bond acceptors (Lipinski definition) is 4. The molecule has 0 aromatic heterocycles. The molecule has 0 bridgehead atoms. The van der Waals surface area contributed by atoms with E-state index >= 15 is 0 Å². The van der Waals surface area contributed by atoms with Gasteiger partial charge < -0.3 is 9.84 Å². The Bertz CT molecular complexity index is 228. The molecule has 0 saturated carbocycles. The summed E-state index contributed by atoms with van der Waals surface area (Å²) in [5.41, 5.74) is 0. The number of hydrogen-bond donors (Lipinski definition) is 1. The summed E-state index contributed by atoms with van der Waals surface area (Å²) in [4.78, 5) is 11.2. The zero-order chi connectivity index (χ0) is 11.1. The van der Waals surface area contributed by atoms with Crippen LogP contribution in [0.1, 0.15) is 32.6 Å². The van der Waals surface area contributed by atoms with Gasteiger partial charge in [0.15, 0.2) is 0 Å². The molecule has 1 aliphatic carbocycles. The SMILES string of the molecule is CCSC(=O)OC1/C=C/CCC(O)CC1. The summed E-state index contributed by atoms with van der Waals surface area (Å²) in [7, 11) is 0. The number of aliphatic hydroxyl groups is 1. The van der Waals surface area contributed by atoms with E-state index in [-0.39, 0.29) is 17.5 Å². The number of ether oxygens (including phenoxy) is 1. The van der Waals surface area contributed by atoms with Crippen LogP contribution in [0.15, 0.2) is 12.2 Å². The van der Waals surface area contributed by atoms with Gasteiger partial charge in [-0.15, -0.1) is 0 Å². The van der Waals surface area contributed by atoms with Crippen LogP contribution < -0.4 is 0 Å². The standard InChI is InChI=1S/C11H18O3S/c1-2-15-11(13)14-10-6-4-3-5-9(12)7-8-10/h4,6,9-10,12H,2-3,5,7-8H2,1H3/b6-4+. The molecular weight excluding hydrogens is 212 g/mol. The molecule has 0 saturated heterocycles. The van der Waals surface area contributed by atoms with Crippen molar-refractivity contribution < 1.29 is 14.6 Å². The van der Waals surface area contributed by atoms with Gasteiger partial charge in [-0.2, -0.15) is 0 Å². The molecule has 0 amide bonds. The number of aliphatic hydroxyl groups excluding tert-OH is 1. The normalized spacial score (nSPS) is 28.9. The molecule has 3 nitrogen and oxygen atoms in total. The molecular formula is C11H18O3S. The van der Waals surface area contributed by atoms with E-state index in [1.54, 1.807) is 0 Å². The molecule has 86 valence electrons. The van der Waals surface area contributed by atoms with Gasteiger partial charge in [0.1, 0.15) is 6.10 Å². The predicted molar refractivity (Wildman–Crippen MR) is 62.0 cm³/mol. The lowest BCUT2D eigenvalue weighted by Crippen LogP contribution is -2.18. The van der Waals surface area contributed by atoms with Crippen LogP contribution in [0.4, 0.5) is 4.79 Å². The molecule has 15 heavy (non-hydrogen) atoms. The van der Waals surface area contributed by atoms with Crippen molar-refractivity contribution in [2.24, 2.45) is 0 Å². The lowest BCUT2D eigenvalue weighted by Gasteiger charge is -2.18. The van der Waals surface area contributed by atoms with Crippen LogP contribution in [-0.4, -0.2) is 28.4 Å². The van der Waals surface area contributed by atoms with Gasteiger partial charge in [0.05, 0.1) is 6.10 Å². The van der Waals surface area contributed by atoms with E-state index in [0.717, 1.165) is 18.6 Å². The van der Waals surface area contributed by atoms with Crippen LogP contribution in [0.5, 0.6) is 0 Å². The van der Waals surface area contributed by atoms with Gasteiger partial charge in [-0.25, -0.2) is 4.79 Å². The predicted octanol–water partition coefficient (Wildman–Crippen LogP) is 2.74. The molecule has 2 atom stereocenters. The Morgan fingerprint density at radius 3 is 3.07 bits per heavy atom. The second kappa shape index (κ2) is 6.90. The van der Waals surface area contributed by atoms with E-state index in [0.29, 0.717) is 12.8 Å². The number of carbonyl (C=O) groups excluding carboxylic acids is 1. The van der Waals surface area contributed by atoms with Gasteiger partial charge in [0.2, 0.25) is 0 Å². The molecule has 2 unspecified atom stereocenters. The summed E-state index contributed by atoms with van der Waals surface area (Å²) in [5.74, 6) is 0.734. The van der Waals surface area contributed by atoms with E-state index < -0.39 is 0 Å². The van der Waals surface area contributed by atoms with Gasteiger partial charge in [-0.1, -0.05) is 13.0 Å². The van der Waals surface area contributed by atoms with E-state index in [1.165, 1.54) is 11.8 Å². The van der Waals surface area contributed by atoms with Crippen LogP contribution in [-0.2, 0) is 4.74 Å². The highest BCUT2D eigenvalue weighted by molar-refractivity contribution is 8.13. The fourth-order valence-corrected chi connectivity index (χ4v) is 1.93. The molecule has 1 rings (SSSR count). The van der Waals surface area contributed by atoms with Crippen molar-refractivity contribution in [2.45, 2.75) is 44.8 Å². The Balaban J connectivity index is 2.38. The second-order valence-corrected chi connectivity index (χ2v) is 4.78. The summed E-state index contributed by atoms with van der Waals surface area (Å²) in [6.45, 7) is 1.92. The van der Waals surface area contributed by atoms with Gasteiger partial charge in [-0.3, -0.25) is 0 Å².